The Kier molecular flexibility index (Phi) is 5.44. The van der Waals surface area contributed by atoms with Crippen LogP contribution in [0.15, 0.2) is 42.5 Å². The second kappa shape index (κ2) is 7.94. The van der Waals surface area contributed by atoms with Crippen LogP contribution in [0.5, 0.6) is 11.5 Å². The van der Waals surface area contributed by atoms with Crippen LogP contribution in [0.4, 0.5) is 11.4 Å². The third-order valence-electron chi connectivity index (χ3n) is 4.57. The van der Waals surface area contributed by atoms with Gasteiger partial charge in [0.15, 0.2) is 11.5 Å². The molecule has 0 N–H and O–H groups in total. The predicted octanol–water partition coefficient (Wildman–Crippen LogP) is 2.46. The Morgan fingerprint density at radius 3 is 2.33 bits per heavy atom. The number of nitro benzene ring substituents is 1. The number of nitro groups is 1. The number of non-ortho nitro benzene ring substituents is 1. The molecule has 1 aliphatic heterocycles. The zero-order valence-electron chi connectivity index (χ0n) is 15.3. The lowest BCUT2D eigenvalue weighted by molar-refractivity contribution is -0.384. The fourth-order valence-corrected chi connectivity index (χ4v) is 3.08. The number of anilines is 1. The largest absolute Gasteiger partial charge is 0.493 e. The molecule has 0 aromatic heterocycles. The Morgan fingerprint density at radius 1 is 1.04 bits per heavy atom. The lowest BCUT2D eigenvalue weighted by Crippen LogP contribution is -2.50. The number of amides is 1. The van der Waals surface area contributed by atoms with Crippen molar-refractivity contribution in [2.45, 2.75) is 6.54 Å². The molecule has 0 unspecified atom stereocenters. The van der Waals surface area contributed by atoms with Gasteiger partial charge in [-0.2, -0.15) is 0 Å². The van der Waals surface area contributed by atoms with Gasteiger partial charge in [-0.25, -0.2) is 0 Å². The van der Waals surface area contributed by atoms with E-state index in [1.807, 2.05) is 23.1 Å². The van der Waals surface area contributed by atoms with Crippen molar-refractivity contribution < 1.29 is 19.2 Å². The number of hydrogen-bond acceptors (Lipinski definition) is 6. The quantitative estimate of drug-likeness (QED) is 0.573. The molecular weight excluding hydrogens is 350 g/mol. The van der Waals surface area contributed by atoms with Gasteiger partial charge in [-0.1, -0.05) is 6.07 Å². The van der Waals surface area contributed by atoms with Crippen LogP contribution in [0.3, 0.4) is 0 Å². The van der Waals surface area contributed by atoms with Gasteiger partial charge < -0.3 is 19.3 Å². The summed E-state index contributed by atoms with van der Waals surface area (Å²) in [7, 11) is 3.16. The first-order chi connectivity index (χ1) is 13.0. The van der Waals surface area contributed by atoms with Crippen molar-refractivity contribution in [2.75, 3.05) is 38.8 Å². The summed E-state index contributed by atoms with van der Waals surface area (Å²) in [6.45, 7) is 1.97. The first-order valence-corrected chi connectivity index (χ1v) is 8.50. The van der Waals surface area contributed by atoms with E-state index < -0.39 is 4.92 Å². The molecule has 0 spiro atoms. The van der Waals surface area contributed by atoms with Crippen LogP contribution in [-0.2, 0) is 11.3 Å². The SMILES string of the molecule is COc1ccc(CN2CCN(c3ccc([N+](=O)[O-])cc3)CC2=O)cc1OC. The zero-order valence-corrected chi connectivity index (χ0v) is 15.3. The van der Waals surface area contributed by atoms with Crippen molar-refractivity contribution in [1.29, 1.82) is 0 Å². The van der Waals surface area contributed by atoms with Gasteiger partial charge in [0.2, 0.25) is 5.91 Å². The summed E-state index contributed by atoms with van der Waals surface area (Å²) < 4.78 is 10.5. The van der Waals surface area contributed by atoms with Crippen LogP contribution in [0.25, 0.3) is 0 Å². The second-order valence-corrected chi connectivity index (χ2v) is 6.20. The average molecular weight is 371 g/mol. The maximum Gasteiger partial charge on any atom is 0.269 e. The van der Waals surface area contributed by atoms with Crippen molar-refractivity contribution >= 4 is 17.3 Å². The monoisotopic (exact) mass is 371 g/mol. The van der Waals surface area contributed by atoms with Crippen molar-refractivity contribution in [3.8, 4) is 11.5 Å². The van der Waals surface area contributed by atoms with Crippen LogP contribution in [0.1, 0.15) is 5.56 Å². The zero-order chi connectivity index (χ0) is 19.4. The van der Waals surface area contributed by atoms with Gasteiger partial charge in [-0.05, 0) is 29.8 Å². The summed E-state index contributed by atoms with van der Waals surface area (Å²) in [5, 5.41) is 10.8. The second-order valence-electron chi connectivity index (χ2n) is 6.20. The molecule has 0 radical (unpaired) electrons. The van der Waals surface area contributed by atoms with E-state index in [2.05, 4.69) is 0 Å². The summed E-state index contributed by atoms with van der Waals surface area (Å²) in [5.41, 5.74) is 1.81. The molecule has 142 valence electrons. The summed E-state index contributed by atoms with van der Waals surface area (Å²) in [6, 6.07) is 11.9. The van der Waals surface area contributed by atoms with Gasteiger partial charge in [0.25, 0.3) is 5.69 Å². The highest BCUT2D eigenvalue weighted by atomic mass is 16.6. The molecule has 0 atom stereocenters. The normalized spacial score (nSPS) is 14.2. The Bertz CT molecular complexity index is 838. The van der Waals surface area contributed by atoms with Crippen molar-refractivity contribution in [3.05, 3.63) is 58.1 Å². The van der Waals surface area contributed by atoms with Gasteiger partial charge >= 0.3 is 0 Å². The van der Waals surface area contributed by atoms with E-state index in [4.69, 9.17) is 9.47 Å². The molecule has 0 saturated carbocycles. The van der Waals surface area contributed by atoms with Crippen molar-refractivity contribution in [2.24, 2.45) is 0 Å². The molecule has 1 amide bonds. The number of nitrogens with zero attached hydrogens (tertiary/aromatic N) is 3. The maximum absolute atomic E-state index is 12.6. The molecule has 2 aromatic rings. The Morgan fingerprint density at radius 2 is 1.74 bits per heavy atom. The topological polar surface area (TPSA) is 85.1 Å². The molecule has 27 heavy (non-hydrogen) atoms. The van der Waals surface area contributed by atoms with Crippen LogP contribution in [-0.4, -0.2) is 49.6 Å². The highest BCUT2D eigenvalue weighted by molar-refractivity contribution is 5.83. The van der Waals surface area contributed by atoms with Crippen LogP contribution in [0, 0.1) is 10.1 Å². The van der Waals surface area contributed by atoms with Gasteiger partial charge in [-0.3, -0.25) is 14.9 Å². The Labute approximate surface area is 157 Å². The van der Waals surface area contributed by atoms with E-state index in [1.165, 1.54) is 12.1 Å². The van der Waals surface area contributed by atoms with E-state index >= 15 is 0 Å². The molecular formula is C19H21N3O5. The van der Waals surface area contributed by atoms with E-state index in [-0.39, 0.29) is 18.1 Å². The first-order valence-electron chi connectivity index (χ1n) is 8.50. The maximum atomic E-state index is 12.6. The first kappa shape index (κ1) is 18.5. The molecule has 0 bridgehead atoms. The fraction of sp³-hybridized carbons (Fsp3) is 0.316. The van der Waals surface area contributed by atoms with Crippen LogP contribution >= 0.6 is 0 Å². The molecule has 8 nitrogen and oxygen atoms in total. The predicted molar refractivity (Wildman–Crippen MR) is 100 cm³/mol. The standard InChI is InChI=1S/C19H21N3O5/c1-26-17-8-3-14(11-18(17)27-2)12-21-10-9-20(13-19(21)23)15-4-6-16(7-5-15)22(24)25/h3-8,11H,9-10,12-13H2,1-2H3. The van der Waals surface area contributed by atoms with E-state index in [9.17, 15) is 14.9 Å². The number of ether oxygens (including phenoxy) is 2. The van der Waals surface area contributed by atoms with E-state index in [0.29, 0.717) is 31.1 Å². The molecule has 2 aromatic carbocycles. The lowest BCUT2D eigenvalue weighted by atomic mass is 10.1. The average Bonchev–Trinajstić information content (AvgIpc) is 2.69. The molecule has 1 fully saturated rings. The third kappa shape index (κ3) is 4.11. The number of carbonyl (C=O) groups excluding carboxylic acids is 1. The van der Waals surface area contributed by atoms with Gasteiger partial charge in [0, 0.05) is 37.5 Å². The highest BCUT2D eigenvalue weighted by Gasteiger charge is 2.24. The molecule has 1 saturated heterocycles. The molecule has 1 aliphatic rings. The smallest absolute Gasteiger partial charge is 0.269 e. The number of benzene rings is 2. The minimum absolute atomic E-state index is 0.00869. The highest BCUT2D eigenvalue weighted by Crippen LogP contribution is 2.28. The minimum atomic E-state index is -0.435. The van der Waals surface area contributed by atoms with E-state index in [0.717, 1.165) is 11.3 Å². The van der Waals surface area contributed by atoms with E-state index in [1.54, 1.807) is 31.3 Å². The fourth-order valence-electron chi connectivity index (χ4n) is 3.08. The lowest BCUT2D eigenvalue weighted by Gasteiger charge is -2.35. The van der Waals surface area contributed by atoms with Gasteiger partial charge in [-0.15, -0.1) is 0 Å². The molecule has 1 heterocycles. The summed E-state index contributed by atoms with van der Waals surface area (Å²) in [6.07, 6.45) is 0. The van der Waals surface area contributed by atoms with Gasteiger partial charge in [0.05, 0.1) is 25.7 Å². The molecule has 8 heteroatoms. The number of piperazine rings is 1. The Balaban J connectivity index is 1.65. The van der Waals surface area contributed by atoms with Crippen LogP contribution < -0.4 is 14.4 Å². The molecule has 3 rings (SSSR count). The Hall–Kier alpha value is -3.29. The number of carbonyl (C=O) groups is 1. The van der Waals surface area contributed by atoms with Crippen LogP contribution in [0.2, 0.25) is 0 Å². The van der Waals surface area contributed by atoms with Gasteiger partial charge in [0.1, 0.15) is 0 Å². The summed E-state index contributed by atoms with van der Waals surface area (Å²) in [4.78, 5) is 26.6. The number of hydrogen-bond donors (Lipinski definition) is 0. The molecule has 0 aliphatic carbocycles. The summed E-state index contributed by atoms with van der Waals surface area (Å²) >= 11 is 0. The summed E-state index contributed by atoms with van der Waals surface area (Å²) in [5.74, 6) is 1.29. The third-order valence-corrected chi connectivity index (χ3v) is 4.57. The minimum Gasteiger partial charge on any atom is -0.493 e. The number of methoxy groups -OCH3 is 2. The number of rotatable bonds is 6. The van der Waals surface area contributed by atoms with Crippen molar-refractivity contribution in [3.63, 3.8) is 0 Å². The van der Waals surface area contributed by atoms with Crippen molar-refractivity contribution in [1.82, 2.24) is 4.90 Å².